The van der Waals surface area contributed by atoms with Crippen molar-refractivity contribution >= 4 is 24.3 Å². The number of rotatable bonds is 0. The van der Waals surface area contributed by atoms with Gasteiger partial charge in [-0.25, -0.2) is 10.6 Å². The number of carbonyl (C=O) groups excluding carboxylic acids is 2. The molecule has 5 nitrogen and oxygen atoms in total. The molecule has 0 spiro atoms. The van der Waals surface area contributed by atoms with Gasteiger partial charge in [0.1, 0.15) is 6.54 Å². The first-order valence-electron chi connectivity index (χ1n) is 2.45. The van der Waals surface area contributed by atoms with Crippen LogP contribution in [0, 0.1) is 0 Å². The van der Waals surface area contributed by atoms with Gasteiger partial charge in [0.05, 0.1) is 0 Å². The zero-order valence-electron chi connectivity index (χ0n) is 5.40. The largest absolute Gasteiger partial charge is 0.341 e. The maximum absolute atomic E-state index is 10.6. The van der Waals surface area contributed by atoms with Gasteiger partial charge >= 0.3 is 6.03 Å². The fourth-order valence-electron chi connectivity index (χ4n) is 0.619. The molecule has 0 aromatic rings. The van der Waals surface area contributed by atoms with Gasteiger partial charge in [-0.2, -0.15) is 0 Å². The molecule has 2 N–H and O–H groups in total. The predicted octanol–water partition coefficient (Wildman–Crippen LogP) is -0.824. The van der Waals surface area contributed by atoms with Crippen molar-refractivity contribution in [2.75, 3.05) is 13.6 Å². The van der Waals surface area contributed by atoms with E-state index in [1.807, 2.05) is 0 Å². The van der Waals surface area contributed by atoms with Crippen LogP contribution in [0.15, 0.2) is 0 Å². The second kappa shape index (κ2) is 2.85. The molecule has 0 saturated carbocycles. The first-order chi connectivity index (χ1) is 4.13. The fraction of sp³-hybridized carbons (Fsp3) is 0.500. The molecule has 1 saturated heterocycles. The van der Waals surface area contributed by atoms with Crippen molar-refractivity contribution in [2.24, 2.45) is 5.84 Å². The highest BCUT2D eigenvalue weighted by molar-refractivity contribution is 6.01. The van der Waals surface area contributed by atoms with Crippen molar-refractivity contribution < 1.29 is 9.59 Å². The monoisotopic (exact) mass is 165 g/mol. The number of urea groups is 1. The van der Waals surface area contributed by atoms with Crippen LogP contribution in [0.1, 0.15) is 0 Å². The summed E-state index contributed by atoms with van der Waals surface area (Å²) in [6.07, 6.45) is 0. The molecule has 10 heavy (non-hydrogen) atoms. The lowest BCUT2D eigenvalue weighted by molar-refractivity contribution is -0.124. The molecule has 0 aromatic carbocycles. The normalized spacial score (nSPS) is 17.8. The summed E-state index contributed by atoms with van der Waals surface area (Å²) in [5.74, 6) is 4.82. The summed E-state index contributed by atoms with van der Waals surface area (Å²) in [6, 6.07) is -0.444. The van der Waals surface area contributed by atoms with Crippen molar-refractivity contribution in [3.63, 3.8) is 0 Å². The number of hydrogen-bond donors (Lipinski definition) is 1. The van der Waals surface area contributed by atoms with E-state index < -0.39 is 6.03 Å². The highest BCUT2D eigenvalue weighted by Gasteiger charge is 2.30. The molecule has 0 atom stereocenters. The number of hydrogen-bond acceptors (Lipinski definition) is 3. The molecule has 1 fully saturated rings. The number of carbonyl (C=O) groups is 2. The summed E-state index contributed by atoms with van der Waals surface area (Å²) < 4.78 is 0. The van der Waals surface area contributed by atoms with Gasteiger partial charge in [0.2, 0.25) is 0 Å². The van der Waals surface area contributed by atoms with Gasteiger partial charge < -0.3 is 0 Å². The van der Waals surface area contributed by atoms with Crippen LogP contribution in [0.25, 0.3) is 0 Å². The number of nitrogens with zero attached hydrogens (tertiary/aromatic N) is 2. The Morgan fingerprint density at radius 2 is 2.00 bits per heavy atom. The number of likely N-dealkylation sites (N-methyl/N-ethyl adjacent to an activating group) is 1. The van der Waals surface area contributed by atoms with E-state index in [2.05, 4.69) is 0 Å². The Bertz CT molecular complexity index is 172. The van der Waals surface area contributed by atoms with E-state index in [0.717, 1.165) is 9.91 Å². The molecule has 0 radical (unpaired) electrons. The lowest BCUT2D eigenvalue weighted by Gasteiger charge is -2.05. The van der Waals surface area contributed by atoms with E-state index in [9.17, 15) is 9.59 Å². The van der Waals surface area contributed by atoms with Crippen LogP contribution in [0.5, 0.6) is 0 Å². The number of hydrazine groups is 1. The van der Waals surface area contributed by atoms with Gasteiger partial charge in [-0.3, -0.25) is 14.7 Å². The molecule has 3 amide bonds. The van der Waals surface area contributed by atoms with Gasteiger partial charge in [-0.05, 0) is 0 Å². The lowest BCUT2D eigenvalue weighted by atomic mass is 10.6. The standard InChI is InChI=1S/C4H7N3O2.ClH/c1-6-3(8)2-7(5)4(6)9;/h2,5H2,1H3;1H. The minimum absolute atomic E-state index is 0. The first kappa shape index (κ1) is 9.19. The van der Waals surface area contributed by atoms with E-state index in [1.165, 1.54) is 7.05 Å². The van der Waals surface area contributed by atoms with Gasteiger partial charge in [0.25, 0.3) is 5.91 Å². The molecule has 0 unspecified atom stereocenters. The molecule has 1 aliphatic heterocycles. The summed E-state index contributed by atoms with van der Waals surface area (Å²) in [5.41, 5.74) is 0. The minimum atomic E-state index is -0.444. The highest BCUT2D eigenvalue weighted by Crippen LogP contribution is 2.00. The van der Waals surface area contributed by atoms with Crippen LogP contribution in [0.4, 0.5) is 4.79 Å². The Hall–Kier alpha value is -0.810. The molecule has 6 heteroatoms. The van der Waals surface area contributed by atoms with Crippen molar-refractivity contribution in [3.05, 3.63) is 0 Å². The molecule has 0 aliphatic carbocycles. The maximum Gasteiger partial charge on any atom is 0.341 e. The summed E-state index contributed by atoms with van der Waals surface area (Å²) in [6.45, 7) is -0.00463. The highest BCUT2D eigenvalue weighted by atomic mass is 35.5. The summed E-state index contributed by atoms with van der Waals surface area (Å²) in [5, 5.41) is 0.877. The van der Waals surface area contributed by atoms with Gasteiger partial charge in [0.15, 0.2) is 0 Å². The van der Waals surface area contributed by atoms with Crippen LogP contribution < -0.4 is 5.84 Å². The number of imide groups is 1. The van der Waals surface area contributed by atoms with E-state index in [4.69, 9.17) is 5.84 Å². The van der Waals surface area contributed by atoms with E-state index >= 15 is 0 Å². The third kappa shape index (κ3) is 1.19. The lowest BCUT2D eigenvalue weighted by Crippen LogP contribution is -2.34. The number of halogens is 1. The second-order valence-electron chi connectivity index (χ2n) is 1.86. The van der Waals surface area contributed by atoms with Crippen LogP contribution in [-0.4, -0.2) is 35.4 Å². The second-order valence-corrected chi connectivity index (χ2v) is 1.86. The Balaban J connectivity index is 0.000000810. The molecule has 1 heterocycles. The first-order valence-corrected chi connectivity index (χ1v) is 2.45. The Kier molecular flexibility index (Phi) is 2.62. The molecule has 58 valence electrons. The Labute approximate surface area is 64.1 Å². The fourth-order valence-corrected chi connectivity index (χ4v) is 0.619. The summed E-state index contributed by atoms with van der Waals surface area (Å²) >= 11 is 0. The van der Waals surface area contributed by atoms with Crippen LogP contribution in [0.2, 0.25) is 0 Å². The number of amides is 3. The van der Waals surface area contributed by atoms with Crippen LogP contribution >= 0.6 is 12.4 Å². The van der Waals surface area contributed by atoms with Gasteiger partial charge in [0, 0.05) is 7.05 Å². The smallest absolute Gasteiger partial charge is 0.272 e. The topological polar surface area (TPSA) is 66.6 Å². The maximum atomic E-state index is 10.6. The van der Waals surface area contributed by atoms with Crippen molar-refractivity contribution in [3.8, 4) is 0 Å². The van der Waals surface area contributed by atoms with Crippen molar-refractivity contribution in [1.29, 1.82) is 0 Å². The Morgan fingerprint density at radius 3 is 2.10 bits per heavy atom. The van der Waals surface area contributed by atoms with Crippen LogP contribution in [-0.2, 0) is 4.79 Å². The quantitative estimate of drug-likeness (QED) is 0.290. The van der Waals surface area contributed by atoms with E-state index in [-0.39, 0.29) is 24.9 Å². The molecule has 1 aliphatic rings. The molecular weight excluding hydrogens is 158 g/mol. The zero-order valence-corrected chi connectivity index (χ0v) is 6.22. The zero-order chi connectivity index (χ0) is 7.02. The Morgan fingerprint density at radius 1 is 1.50 bits per heavy atom. The van der Waals surface area contributed by atoms with Crippen LogP contribution in [0.3, 0.4) is 0 Å². The molecule has 1 rings (SSSR count). The molecule has 0 aromatic heterocycles. The van der Waals surface area contributed by atoms with E-state index in [0.29, 0.717) is 0 Å². The molecule has 0 bridgehead atoms. The van der Waals surface area contributed by atoms with Crippen molar-refractivity contribution in [1.82, 2.24) is 9.91 Å². The number of nitrogens with two attached hydrogens (primary N) is 1. The van der Waals surface area contributed by atoms with Crippen molar-refractivity contribution in [2.45, 2.75) is 0 Å². The van der Waals surface area contributed by atoms with E-state index in [1.54, 1.807) is 0 Å². The third-order valence-corrected chi connectivity index (χ3v) is 1.21. The predicted molar refractivity (Wildman–Crippen MR) is 36.3 cm³/mol. The van der Waals surface area contributed by atoms with Gasteiger partial charge in [-0.1, -0.05) is 0 Å². The average Bonchev–Trinajstić information content (AvgIpc) is 1.98. The third-order valence-electron chi connectivity index (χ3n) is 1.21. The minimum Gasteiger partial charge on any atom is -0.272 e. The SMILES string of the molecule is CN1C(=O)CN(N)C1=O.Cl. The molecular formula is C4H8ClN3O2. The van der Waals surface area contributed by atoms with Gasteiger partial charge in [-0.15, -0.1) is 12.4 Å². The summed E-state index contributed by atoms with van der Waals surface area (Å²) in [4.78, 5) is 22.2. The summed E-state index contributed by atoms with van der Waals surface area (Å²) in [7, 11) is 1.40. The average molecular weight is 166 g/mol.